The van der Waals surface area contributed by atoms with Crippen molar-refractivity contribution in [2.24, 2.45) is 0 Å². The minimum absolute atomic E-state index is 0.176. The Bertz CT molecular complexity index is 915. The predicted molar refractivity (Wildman–Crippen MR) is 104 cm³/mol. The number of rotatable bonds is 6. The first kappa shape index (κ1) is 18.5. The van der Waals surface area contributed by atoms with Crippen LogP contribution >= 0.6 is 22.9 Å². The molecular weight excluding hydrogens is 373 g/mol. The number of nitrogens with zero attached hydrogens (tertiary/aromatic N) is 2. The van der Waals surface area contributed by atoms with Crippen LogP contribution in [0.5, 0.6) is 0 Å². The van der Waals surface area contributed by atoms with E-state index in [2.05, 4.69) is 10.3 Å². The first-order chi connectivity index (χ1) is 12.5. The molecule has 4 nitrogen and oxygen atoms in total. The third kappa shape index (κ3) is 4.88. The van der Waals surface area contributed by atoms with Crippen LogP contribution in [0.4, 0.5) is 10.1 Å². The van der Waals surface area contributed by atoms with Gasteiger partial charge in [-0.05, 0) is 31.3 Å². The van der Waals surface area contributed by atoms with Gasteiger partial charge in [0.25, 0.3) is 0 Å². The lowest BCUT2D eigenvalue weighted by Gasteiger charge is -2.15. The number of amides is 1. The van der Waals surface area contributed by atoms with E-state index in [1.807, 2.05) is 41.6 Å². The van der Waals surface area contributed by atoms with Gasteiger partial charge in [-0.15, -0.1) is 11.3 Å². The highest BCUT2D eigenvalue weighted by Gasteiger charge is 2.12. The Labute approximate surface area is 160 Å². The molecule has 0 fully saturated rings. The Morgan fingerprint density at radius 3 is 2.85 bits per heavy atom. The molecule has 26 heavy (non-hydrogen) atoms. The number of hydrogen-bond donors (Lipinski definition) is 1. The third-order valence-electron chi connectivity index (χ3n) is 3.61. The molecule has 0 saturated carbocycles. The maximum absolute atomic E-state index is 13.2. The van der Waals surface area contributed by atoms with Crippen molar-refractivity contribution < 1.29 is 9.18 Å². The van der Waals surface area contributed by atoms with Crippen molar-refractivity contribution in [2.75, 3.05) is 18.9 Å². The van der Waals surface area contributed by atoms with Crippen molar-refractivity contribution in [3.63, 3.8) is 0 Å². The number of carbonyl (C=O) groups is 1. The van der Waals surface area contributed by atoms with Crippen LogP contribution in [0.3, 0.4) is 0 Å². The van der Waals surface area contributed by atoms with Crippen LogP contribution in [0.2, 0.25) is 5.02 Å². The maximum atomic E-state index is 13.2. The Kier molecular flexibility index (Phi) is 5.98. The molecule has 0 unspecified atom stereocenters. The number of hydrogen-bond acceptors (Lipinski definition) is 4. The summed E-state index contributed by atoms with van der Waals surface area (Å²) in [5, 5.41) is 6.15. The van der Waals surface area contributed by atoms with E-state index in [1.165, 1.54) is 23.5 Å². The van der Waals surface area contributed by atoms with Crippen molar-refractivity contribution in [1.82, 2.24) is 9.88 Å². The normalized spacial score (nSPS) is 10.9. The maximum Gasteiger partial charge on any atom is 0.238 e. The number of thiazole rings is 1. The van der Waals surface area contributed by atoms with Crippen molar-refractivity contribution in [1.29, 1.82) is 0 Å². The van der Waals surface area contributed by atoms with E-state index in [-0.39, 0.29) is 18.3 Å². The molecule has 2 aromatic carbocycles. The number of likely N-dealkylation sites (N-methyl/N-ethyl adjacent to an activating group) is 1. The van der Waals surface area contributed by atoms with Gasteiger partial charge in [-0.1, -0.05) is 35.9 Å². The molecule has 1 aromatic heterocycles. The zero-order chi connectivity index (χ0) is 18.5. The summed E-state index contributed by atoms with van der Waals surface area (Å²) in [6.45, 7) is 0.701. The minimum Gasteiger partial charge on any atom is -0.325 e. The fraction of sp³-hybridized carbons (Fsp3) is 0.158. The van der Waals surface area contributed by atoms with Crippen LogP contribution in [0.15, 0.2) is 53.9 Å². The Balaban J connectivity index is 1.57. The second kappa shape index (κ2) is 8.40. The summed E-state index contributed by atoms with van der Waals surface area (Å²) < 4.78 is 13.2. The van der Waals surface area contributed by atoms with Crippen molar-refractivity contribution in [3.05, 3.63) is 70.4 Å². The van der Waals surface area contributed by atoms with E-state index in [0.29, 0.717) is 17.3 Å². The summed E-state index contributed by atoms with van der Waals surface area (Å²) in [7, 11) is 1.83. The van der Waals surface area contributed by atoms with Crippen LogP contribution in [0.25, 0.3) is 10.6 Å². The fourth-order valence-corrected chi connectivity index (χ4v) is 3.61. The van der Waals surface area contributed by atoms with Gasteiger partial charge in [0.05, 0.1) is 17.3 Å². The lowest BCUT2D eigenvalue weighted by Crippen LogP contribution is -2.29. The molecule has 1 amide bonds. The third-order valence-corrected chi connectivity index (χ3v) is 4.86. The average molecular weight is 390 g/mol. The molecule has 134 valence electrons. The van der Waals surface area contributed by atoms with Gasteiger partial charge in [-0.2, -0.15) is 0 Å². The fourth-order valence-electron chi connectivity index (χ4n) is 2.48. The monoisotopic (exact) mass is 389 g/mol. The van der Waals surface area contributed by atoms with E-state index >= 15 is 0 Å². The smallest absolute Gasteiger partial charge is 0.238 e. The molecule has 7 heteroatoms. The van der Waals surface area contributed by atoms with Gasteiger partial charge in [0, 0.05) is 23.2 Å². The molecule has 0 aliphatic heterocycles. The van der Waals surface area contributed by atoms with Crippen LogP contribution in [0.1, 0.15) is 5.69 Å². The van der Waals surface area contributed by atoms with Gasteiger partial charge in [-0.3, -0.25) is 9.69 Å². The zero-order valence-corrected chi connectivity index (χ0v) is 15.6. The summed E-state index contributed by atoms with van der Waals surface area (Å²) >= 11 is 7.72. The highest BCUT2D eigenvalue weighted by Crippen LogP contribution is 2.30. The van der Waals surface area contributed by atoms with E-state index in [4.69, 9.17) is 11.6 Å². The second-order valence-corrected chi connectivity index (χ2v) is 7.12. The topological polar surface area (TPSA) is 45.2 Å². The first-order valence-corrected chi connectivity index (χ1v) is 9.20. The number of halogens is 2. The Morgan fingerprint density at radius 1 is 1.27 bits per heavy atom. The zero-order valence-electron chi connectivity index (χ0n) is 14.1. The highest BCUT2D eigenvalue weighted by molar-refractivity contribution is 7.13. The molecule has 3 rings (SSSR count). The van der Waals surface area contributed by atoms with Crippen molar-refractivity contribution in [2.45, 2.75) is 6.54 Å². The van der Waals surface area contributed by atoms with E-state index in [9.17, 15) is 9.18 Å². The van der Waals surface area contributed by atoms with Gasteiger partial charge in [0.15, 0.2) is 0 Å². The quantitative estimate of drug-likeness (QED) is 0.666. The Morgan fingerprint density at radius 2 is 2.08 bits per heavy atom. The molecule has 1 N–H and O–H groups in total. The van der Waals surface area contributed by atoms with Crippen LogP contribution in [-0.4, -0.2) is 29.4 Å². The van der Waals surface area contributed by atoms with E-state index in [0.717, 1.165) is 16.3 Å². The molecular formula is C19H17ClFN3OS. The summed E-state index contributed by atoms with van der Waals surface area (Å²) in [6.07, 6.45) is 0. The number of benzene rings is 2. The summed E-state index contributed by atoms with van der Waals surface area (Å²) in [5.74, 6) is -0.592. The van der Waals surface area contributed by atoms with Gasteiger partial charge in [0.2, 0.25) is 5.91 Å². The molecule has 0 atom stereocenters. The van der Waals surface area contributed by atoms with Crippen molar-refractivity contribution >= 4 is 34.5 Å². The second-order valence-electron chi connectivity index (χ2n) is 5.85. The molecule has 0 saturated heterocycles. The lowest BCUT2D eigenvalue weighted by molar-refractivity contribution is -0.117. The SMILES string of the molecule is CN(CC(=O)Nc1cccc(F)c1)Cc1csc(-c2ccccc2Cl)n1. The van der Waals surface area contributed by atoms with Gasteiger partial charge in [-0.25, -0.2) is 9.37 Å². The largest absolute Gasteiger partial charge is 0.325 e. The van der Waals surface area contributed by atoms with Gasteiger partial charge in [0.1, 0.15) is 10.8 Å². The first-order valence-electron chi connectivity index (χ1n) is 7.94. The summed E-state index contributed by atoms with van der Waals surface area (Å²) in [5.41, 5.74) is 2.21. The van der Waals surface area contributed by atoms with E-state index < -0.39 is 0 Å². The van der Waals surface area contributed by atoms with Crippen LogP contribution < -0.4 is 5.32 Å². The van der Waals surface area contributed by atoms with Gasteiger partial charge >= 0.3 is 0 Å². The summed E-state index contributed by atoms with van der Waals surface area (Å²) in [4.78, 5) is 18.5. The molecule has 1 heterocycles. The summed E-state index contributed by atoms with van der Waals surface area (Å²) in [6, 6.07) is 13.4. The van der Waals surface area contributed by atoms with E-state index in [1.54, 1.807) is 12.1 Å². The van der Waals surface area contributed by atoms with Crippen LogP contribution in [-0.2, 0) is 11.3 Å². The molecule has 0 aliphatic carbocycles. The molecule has 3 aromatic rings. The molecule has 0 bridgehead atoms. The number of anilines is 1. The molecule has 0 aliphatic rings. The standard InChI is InChI=1S/C19H17ClFN3OS/c1-24(11-18(25)22-14-6-4-5-13(21)9-14)10-15-12-26-19(23-15)16-7-2-3-8-17(16)20/h2-9,12H,10-11H2,1H3,(H,22,25). The lowest BCUT2D eigenvalue weighted by atomic mass is 10.2. The number of nitrogens with one attached hydrogen (secondary N) is 1. The average Bonchev–Trinajstić information content (AvgIpc) is 3.03. The molecule has 0 radical (unpaired) electrons. The minimum atomic E-state index is -0.384. The van der Waals surface area contributed by atoms with Crippen molar-refractivity contribution in [3.8, 4) is 10.6 Å². The number of carbonyl (C=O) groups excluding carboxylic acids is 1. The van der Waals surface area contributed by atoms with Gasteiger partial charge < -0.3 is 5.32 Å². The van der Waals surface area contributed by atoms with Crippen LogP contribution in [0, 0.1) is 5.82 Å². The predicted octanol–water partition coefficient (Wildman–Crippen LogP) is 4.67. The number of aromatic nitrogens is 1. The highest BCUT2D eigenvalue weighted by atomic mass is 35.5. The molecule has 0 spiro atoms. The Hall–Kier alpha value is -2.28.